The molecule has 0 unspecified atom stereocenters. The van der Waals surface area contributed by atoms with Gasteiger partial charge in [-0.2, -0.15) is 4.98 Å². The normalized spacial score (nSPS) is 21.8. The molecule has 11 heteroatoms. The molecule has 4 heterocycles. The summed E-state index contributed by atoms with van der Waals surface area (Å²) in [6, 6.07) is 4.75. The molecule has 1 aliphatic heterocycles. The molecule has 3 aromatic rings. The molecule has 7 nitrogen and oxygen atoms in total. The summed E-state index contributed by atoms with van der Waals surface area (Å²) in [6.45, 7) is 1.29. The Kier molecular flexibility index (Phi) is 5.88. The first-order chi connectivity index (χ1) is 14.3. The van der Waals surface area contributed by atoms with Crippen molar-refractivity contribution < 1.29 is 22.5 Å². The van der Waals surface area contributed by atoms with E-state index in [0.717, 1.165) is 24.2 Å². The van der Waals surface area contributed by atoms with Gasteiger partial charge in [0.05, 0.1) is 10.5 Å². The quantitative estimate of drug-likeness (QED) is 0.596. The van der Waals surface area contributed by atoms with Gasteiger partial charge in [0.15, 0.2) is 11.4 Å². The van der Waals surface area contributed by atoms with Gasteiger partial charge in [-0.25, -0.2) is 18.7 Å². The molecule has 30 heavy (non-hydrogen) atoms. The van der Waals surface area contributed by atoms with Crippen LogP contribution >= 0.6 is 11.6 Å². The molecular formula is C19H19ClF2N4O3S. The average Bonchev–Trinajstić information content (AvgIpc) is 3.15. The Hall–Kier alpha value is -2.33. The van der Waals surface area contributed by atoms with Crippen LogP contribution in [0.1, 0.15) is 25.6 Å². The Labute approximate surface area is 178 Å². The lowest BCUT2D eigenvalue weighted by Crippen LogP contribution is -2.33. The number of ether oxygens (including phenoxy) is 2. The second-order valence-electron chi connectivity index (χ2n) is 7.28. The van der Waals surface area contributed by atoms with Crippen LogP contribution in [0, 0.1) is 0 Å². The first kappa shape index (κ1) is 20.9. The fraction of sp³-hybridized carbons (Fsp3) is 0.421. The van der Waals surface area contributed by atoms with E-state index in [1.165, 1.54) is 12.3 Å². The third-order valence-electron chi connectivity index (χ3n) is 5.01. The Morgan fingerprint density at radius 1 is 1.30 bits per heavy atom. The molecule has 1 N–H and O–H groups in total. The van der Waals surface area contributed by atoms with Crippen molar-refractivity contribution >= 4 is 33.6 Å². The molecular weight excluding hydrogens is 438 g/mol. The topological polar surface area (TPSA) is 90.0 Å². The Bertz CT molecular complexity index is 1080. The number of pyridine rings is 2. The summed E-state index contributed by atoms with van der Waals surface area (Å²) in [7, 11) is -0.766. The predicted molar refractivity (Wildman–Crippen MR) is 109 cm³/mol. The molecule has 0 bridgehead atoms. The van der Waals surface area contributed by atoms with E-state index in [0.29, 0.717) is 17.2 Å². The van der Waals surface area contributed by atoms with Gasteiger partial charge >= 0.3 is 0 Å². The monoisotopic (exact) mass is 456 g/mol. The van der Waals surface area contributed by atoms with Crippen molar-refractivity contribution in [2.24, 2.45) is 0 Å². The number of hydrogen-bond acceptors (Lipinski definition) is 6. The summed E-state index contributed by atoms with van der Waals surface area (Å²) in [5.74, 6) is 2.26. The summed E-state index contributed by atoms with van der Waals surface area (Å²) in [6.07, 6.45) is 0.239. The Morgan fingerprint density at radius 2 is 2.07 bits per heavy atom. The average molecular weight is 457 g/mol. The third kappa shape index (κ3) is 4.54. The molecule has 0 atom stereocenters. The van der Waals surface area contributed by atoms with Crippen LogP contribution in [-0.2, 0) is 16.2 Å². The molecule has 3 aromatic heterocycles. The minimum absolute atomic E-state index is 0.00451. The number of aromatic nitrogens is 4. The summed E-state index contributed by atoms with van der Waals surface area (Å²) >= 11 is 5.88. The zero-order valence-corrected chi connectivity index (χ0v) is 17.6. The highest BCUT2D eigenvalue weighted by Gasteiger charge is 2.34. The molecule has 1 aliphatic rings. The first-order valence-electron chi connectivity index (χ1n) is 9.29. The van der Waals surface area contributed by atoms with Crippen LogP contribution in [0.15, 0.2) is 24.4 Å². The second kappa shape index (κ2) is 8.43. The fourth-order valence-electron chi connectivity index (χ4n) is 3.20. The predicted octanol–water partition coefficient (Wildman–Crippen LogP) is 4.24. The van der Waals surface area contributed by atoms with Crippen molar-refractivity contribution in [3.8, 4) is 17.5 Å². The molecule has 0 radical (unpaired) electrons. The van der Waals surface area contributed by atoms with Crippen LogP contribution in [0.25, 0.3) is 11.2 Å². The standard InChI is InChI=1S/C19H19ClF2N4O3S/c1-19(4-6-30(27)7-5-19)18-24-12-2-3-15(25-16(12)26-18)29-17-13(28-10-14(21)22)8-11(20)9-23-17/h2-3,8-9,14H,4-7,10H2,1H3,(H,24,25,26). The SMILES string of the molecule is CC1(c2nc3nc(Oc4ncc(Cl)cc4OCC(F)F)ccc3[nH]2)CCS(=O)CC1. The summed E-state index contributed by atoms with van der Waals surface area (Å²) in [5.41, 5.74) is 1.01. The van der Waals surface area contributed by atoms with E-state index in [-0.39, 0.29) is 27.9 Å². The van der Waals surface area contributed by atoms with Gasteiger partial charge in [-0.15, -0.1) is 0 Å². The largest absolute Gasteiger partial charge is 0.482 e. The minimum Gasteiger partial charge on any atom is -0.482 e. The number of fused-ring (bicyclic) bond motifs is 1. The molecule has 0 saturated carbocycles. The third-order valence-corrected chi connectivity index (χ3v) is 6.53. The van der Waals surface area contributed by atoms with Crippen LogP contribution in [0.2, 0.25) is 5.02 Å². The maximum Gasteiger partial charge on any atom is 0.272 e. The number of rotatable bonds is 6. The maximum atomic E-state index is 12.5. The number of halogens is 3. The molecule has 4 rings (SSSR count). The number of nitrogens with one attached hydrogen (secondary N) is 1. The second-order valence-corrected chi connectivity index (χ2v) is 9.41. The van der Waals surface area contributed by atoms with Gasteiger partial charge in [-0.1, -0.05) is 18.5 Å². The van der Waals surface area contributed by atoms with Crippen LogP contribution in [0.3, 0.4) is 0 Å². The number of alkyl halides is 2. The summed E-state index contributed by atoms with van der Waals surface area (Å²) in [5, 5.41) is 0.230. The Morgan fingerprint density at radius 3 is 2.80 bits per heavy atom. The first-order valence-corrected chi connectivity index (χ1v) is 11.2. The zero-order valence-electron chi connectivity index (χ0n) is 16.0. The number of imidazole rings is 1. The number of aromatic amines is 1. The highest BCUT2D eigenvalue weighted by atomic mass is 35.5. The van der Waals surface area contributed by atoms with E-state index >= 15 is 0 Å². The van der Waals surface area contributed by atoms with Crippen LogP contribution < -0.4 is 9.47 Å². The fourth-order valence-corrected chi connectivity index (χ4v) is 4.91. The highest BCUT2D eigenvalue weighted by molar-refractivity contribution is 7.85. The van der Waals surface area contributed by atoms with Crippen LogP contribution in [-0.4, -0.2) is 48.7 Å². The van der Waals surface area contributed by atoms with Crippen molar-refractivity contribution in [3.63, 3.8) is 0 Å². The molecule has 0 spiro atoms. The van der Waals surface area contributed by atoms with Crippen molar-refractivity contribution in [2.45, 2.75) is 31.6 Å². The van der Waals surface area contributed by atoms with Crippen molar-refractivity contribution in [2.75, 3.05) is 18.1 Å². The van der Waals surface area contributed by atoms with Crippen molar-refractivity contribution in [3.05, 3.63) is 35.2 Å². The van der Waals surface area contributed by atoms with Crippen molar-refractivity contribution in [1.29, 1.82) is 0 Å². The minimum atomic E-state index is -2.65. The van der Waals surface area contributed by atoms with E-state index in [4.69, 9.17) is 21.1 Å². The molecule has 160 valence electrons. The maximum absolute atomic E-state index is 12.5. The van der Waals surface area contributed by atoms with E-state index in [1.807, 2.05) is 0 Å². The van der Waals surface area contributed by atoms with Gasteiger partial charge in [0.2, 0.25) is 5.88 Å². The number of H-pyrrole nitrogens is 1. The van der Waals surface area contributed by atoms with Crippen molar-refractivity contribution in [1.82, 2.24) is 19.9 Å². The van der Waals surface area contributed by atoms with Gasteiger partial charge in [-0.05, 0) is 18.9 Å². The lowest BCUT2D eigenvalue weighted by Gasteiger charge is -2.30. The van der Waals surface area contributed by atoms with E-state index in [9.17, 15) is 13.0 Å². The molecule has 0 aromatic carbocycles. The molecule has 1 fully saturated rings. The summed E-state index contributed by atoms with van der Waals surface area (Å²) < 4.78 is 47.4. The highest BCUT2D eigenvalue weighted by Crippen LogP contribution is 2.35. The lowest BCUT2D eigenvalue weighted by atomic mass is 9.83. The van der Waals surface area contributed by atoms with Crippen LogP contribution in [0.5, 0.6) is 17.5 Å². The lowest BCUT2D eigenvalue weighted by molar-refractivity contribution is 0.0804. The molecule has 1 saturated heterocycles. The number of nitrogens with zero attached hydrogens (tertiary/aromatic N) is 3. The van der Waals surface area contributed by atoms with Gasteiger partial charge in [-0.3, -0.25) is 4.21 Å². The Balaban J connectivity index is 1.58. The van der Waals surface area contributed by atoms with Gasteiger partial charge in [0, 0.05) is 46.0 Å². The molecule has 0 aliphatic carbocycles. The van der Waals surface area contributed by atoms with Gasteiger partial charge in [0.1, 0.15) is 12.4 Å². The smallest absolute Gasteiger partial charge is 0.272 e. The van der Waals surface area contributed by atoms with E-state index in [2.05, 4.69) is 26.9 Å². The molecule has 0 amide bonds. The van der Waals surface area contributed by atoms with E-state index < -0.39 is 23.8 Å². The van der Waals surface area contributed by atoms with E-state index in [1.54, 1.807) is 12.1 Å². The zero-order chi connectivity index (χ0) is 21.3. The van der Waals surface area contributed by atoms with Crippen LogP contribution in [0.4, 0.5) is 8.78 Å². The number of hydrogen-bond donors (Lipinski definition) is 1. The van der Waals surface area contributed by atoms with Gasteiger partial charge in [0.25, 0.3) is 12.3 Å². The summed E-state index contributed by atoms with van der Waals surface area (Å²) in [4.78, 5) is 16.3. The van der Waals surface area contributed by atoms with Gasteiger partial charge < -0.3 is 14.5 Å².